The third kappa shape index (κ3) is 2.82. The van der Waals surface area contributed by atoms with Gasteiger partial charge in [-0.2, -0.15) is 5.10 Å². The zero-order valence-electron chi connectivity index (χ0n) is 9.97. The van der Waals surface area contributed by atoms with E-state index in [1.54, 1.807) is 0 Å². The zero-order chi connectivity index (χ0) is 11.4. The summed E-state index contributed by atoms with van der Waals surface area (Å²) in [5.41, 5.74) is 2.46. The summed E-state index contributed by atoms with van der Waals surface area (Å²) in [5, 5.41) is 7.83. The largest absolute Gasteiger partial charge is 0.317 e. The summed E-state index contributed by atoms with van der Waals surface area (Å²) in [5.74, 6) is 0. The van der Waals surface area contributed by atoms with Gasteiger partial charge in [0, 0.05) is 19.0 Å². The first-order valence-electron chi connectivity index (χ1n) is 5.55. The van der Waals surface area contributed by atoms with Gasteiger partial charge in [-0.05, 0) is 43.2 Å². The first-order valence-corrected chi connectivity index (χ1v) is 6.34. The summed E-state index contributed by atoms with van der Waals surface area (Å²) in [6.07, 6.45) is 1.99. The topological polar surface area (TPSA) is 29.9 Å². The van der Waals surface area contributed by atoms with Crippen molar-refractivity contribution in [3.05, 3.63) is 15.9 Å². The Hall–Kier alpha value is -0.350. The average molecular weight is 274 g/mol. The van der Waals surface area contributed by atoms with Crippen LogP contribution < -0.4 is 5.32 Å². The van der Waals surface area contributed by atoms with Gasteiger partial charge >= 0.3 is 0 Å². The van der Waals surface area contributed by atoms with Crippen molar-refractivity contribution in [1.82, 2.24) is 15.1 Å². The molecule has 0 radical (unpaired) electrons. The first-order chi connectivity index (χ1) is 7.13. The predicted octanol–water partition coefficient (Wildman–Crippen LogP) is 2.38. The smallest absolute Gasteiger partial charge is 0.0766 e. The highest BCUT2D eigenvalue weighted by Crippen LogP contribution is 2.23. The second kappa shape index (κ2) is 5.66. The maximum Gasteiger partial charge on any atom is 0.0766 e. The van der Waals surface area contributed by atoms with E-state index >= 15 is 0 Å². The Balaban J connectivity index is 2.97. The predicted molar refractivity (Wildman–Crippen MR) is 67.2 cm³/mol. The summed E-state index contributed by atoms with van der Waals surface area (Å²) in [4.78, 5) is 0. The van der Waals surface area contributed by atoms with Gasteiger partial charge in [0.05, 0.1) is 15.9 Å². The molecular weight excluding hydrogens is 254 g/mol. The summed E-state index contributed by atoms with van der Waals surface area (Å²) in [6.45, 7) is 7.39. The van der Waals surface area contributed by atoms with Gasteiger partial charge in [0.25, 0.3) is 0 Å². The van der Waals surface area contributed by atoms with E-state index in [-0.39, 0.29) is 0 Å². The lowest BCUT2D eigenvalue weighted by Gasteiger charge is -2.11. The van der Waals surface area contributed by atoms with Gasteiger partial charge in [0.2, 0.25) is 0 Å². The van der Waals surface area contributed by atoms with E-state index in [0.717, 1.165) is 25.1 Å². The van der Waals surface area contributed by atoms with Gasteiger partial charge in [-0.3, -0.25) is 4.68 Å². The van der Waals surface area contributed by atoms with Crippen LogP contribution in [-0.4, -0.2) is 22.9 Å². The lowest BCUT2D eigenvalue weighted by molar-refractivity contribution is 0.550. The summed E-state index contributed by atoms with van der Waals surface area (Å²) in [7, 11) is 1.99. The first kappa shape index (κ1) is 12.7. The minimum Gasteiger partial charge on any atom is -0.317 e. The Morgan fingerprint density at radius 1 is 1.47 bits per heavy atom. The normalized spacial score (nSPS) is 13.1. The van der Waals surface area contributed by atoms with Crippen LogP contribution in [-0.2, 0) is 19.4 Å². The number of aryl methyl sites for hydroxylation is 2. The molecule has 1 aromatic rings. The van der Waals surface area contributed by atoms with Gasteiger partial charge in [0.1, 0.15) is 0 Å². The molecule has 1 N–H and O–H groups in total. The molecule has 0 fully saturated rings. The molecule has 1 unspecified atom stereocenters. The highest BCUT2D eigenvalue weighted by Gasteiger charge is 2.15. The van der Waals surface area contributed by atoms with Crippen molar-refractivity contribution in [2.75, 3.05) is 7.05 Å². The quantitative estimate of drug-likeness (QED) is 0.893. The molecular formula is C11H20BrN3. The van der Waals surface area contributed by atoms with E-state index in [0.29, 0.717) is 6.04 Å². The molecule has 0 bridgehead atoms. The number of hydrogen-bond donors (Lipinski definition) is 1. The fourth-order valence-corrected chi connectivity index (χ4v) is 2.33. The number of halogens is 1. The van der Waals surface area contributed by atoms with Gasteiger partial charge < -0.3 is 5.32 Å². The average Bonchev–Trinajstić information content (AvgIpc) is 2.55. The van der Waals surface area contributed by atoms with Crippen molar-refractivity contribution in [3.8, 4) is 0 Å². The molecule has 0 aliphatic carbocycles. The van der Waals surface area contributed by atoms with Gasteiger partial charge in [-0.15, -0.1) is 0 Å². The Kier molecular flexibility index (Phi) is 4.80. The second-order valence-corrected chi connectivity index (χ2v) is 4.56. The molecule has 0 aliphatic heterocycles. The molecule has 4 heteroatoms. The number of hydrogen-bond acceptors (Lipinski definition) is 2. The van der Waals surface area contributed by atoms with Crippen molar-refractivity contribution in [2.24, 2.45) is 0 Å². The molecule has 1 heterocycles. The maximum absolute atomic E-state index is 4.58. The van der Waals surface area contributed by atoms with Crippen molar-refractivity contribution >= 4 is 15.9 Å². The summed E-state index contributed by atoms with van der Waals surface area (Å²) in [6, 6.07) is 0.480. The highest BCUT2D eigenvalue weighted by molar-refractivity contribution is 9.10. The van der Waals surface area contributed by atoms with Crippen LogP contribution in [0.4, 0.5) is 0 Å². The Bertz CT molecular complexity index is 320. The number of rotatable bonds is 5. The highest BCUT2D eigenvalue weighted by atomic mass is 79.9. The number of aromatic nitrogens is 2. The fraction of sp³-hybridized carbons (Fsp3) is 0.727. The zero-order valence-corrected chi connectivity index (χ0v) is 11.6. The SMILES string of the molecule is CCc1nn(CC)c(CC(C)NC)c1Br. The minimum absolute atomic E-state index is 0.480. The van der Waals surface area contributed by atoms with Crippen molar-refractivity contribution < 1.29 is 0 Å². The monoisotopic (exact) mass is 273 g/mol. The van der Waals surface area contributed by atoms with Gasteiger partial charge in [-0.1, -0.05) is 6.92 Å². The Labute approximate surface area is 100 Å². The minimum atomic E-state index is 0.480. The van der Waals surface area contributed by atoms with E-state index in [2.05, 4.69) is 51.8 Å². The third-order valence-electron chi connectivity index (χ3n) is 2.69. The molecule has 1 aromatic heterocycles. The van der Waals surface area contributed by atoms with E-state index in [1.807, 2.05) is 7.05 Å². The summed E-state index contributed by atoms with van der Waals surface area (Å²) >= 11 is 3.65. The maximum atomic E-state index is 4.58. The van der Waals surface area contributed by atoms with E-state index < -0.39 is 0 Å². The van der Waals surface area contributed by atoms with Crippen molar-refractivity contribution in [1.29, 1.82) is 0 Å². The fourth-order valence-electron chi connectivity index (χ4n) is 1.60. The van der Waals surface area contributed by atoms with Crippen molar-refractivity contribution in [3.63, 3.8) is 0 Å². The molecule has 0 aliphatic rings. The van der Waals surface area contributed by atoms with Crippen LogP contribution in [0.1, 0.15) is 32.2 Å². The Morgan fingerprint density at radius 2 is 2.13 bits per heavy atom. The van der Waals surface area contributed by atoms with Crippen LogP contribution in [0.5, 0.6) is 0 Å². The lowest BCUT2D eigenvalue weighted by atomic mass is 10.1. The van der Waals surface area contributed by atoms with Gasteiger partial charge in [-0.25, -0.2) is 0 Å². The van der Waals surface area contributed by atoms with Crippen LogP contribution in [0.2, 0.25) is 0 Å². The van der Waals surface area contributed by atoms with Crippen LogP contribution in [0.15, 0.2) is 4.47 Å². The number of likely N-dealkylation sites (N-methyl/N-ethyl adjacent to an activating group) is 1. The molecule has 0 amide bonds. The molecule has 1 atom stereocenters. The molecule has 86 valence electrons. The summed E-state index contributed by atoms with van der Waals surface area (Å²) < 4.78 is 3.28. The molecule has 0 saturated carbocycles. The molecule has 1 rings (SSSR count). The molecule has 15 heavy (non-hydrogen) atoms. The van der Waals surface area contributed by atoms with Crippen LogP contribution >= 0.6 is 15.9 Å². The second-order valence-electron chi connectivity index (χ2n) is 3.77. The van der Waals surface area contributed by atoms with E-state index in [9.17, 15) is 0 Å². The van der Waals surface area contributed by atoms with Crippen LogP contribution in [0.3, 0.4) is 0 Å². The number of nitrogens with zero attached hydrogens (tertiary/aromatic N) is 2. The van der Waals surface area contributed by atoms with Crippen molar-refractivity contribution in [2.45, 2.75) is 46.2 Å². The molecule has 0 aromatic carbocycles. The molecule has 0 spiro atoms. The number of nitrogens with one attached hydrogen (secondary N) is 1. The molecule has 0 saturated heterocycles. The Morgan fingerprint density at radius 3 is 2.60 bits per heavy atom. The van der Waals surface area contributed by atoms with Crippen LogP contribution in [0, 0.1) is 0 Å². The third-order valence-corrected chi connectivity index (χ3v) is 3.60. The van der Waals surface area contributed by atoms with E-state index in [1.165, 1.54) is 10.2 Å². The lowest BCUT2D eigenvalue weighted by Crippen LogP contribution is -2.25. The van der Waals surface area contributed by atoms with Gasteiger partial charge in [0.15, 0.2) is 0 Å². The standard InChI is InChI=1S/C11H20BrN3/c1-5-9-11(12)10(7-8(3)13-4)15(6-2)14-9/h8,13H,5-7H2,1-4H3. The van der Waals surface area contributed by atoms with Crippen LogP contribution in [0.25, 0.3) is 0 Å². The van der Waals surface area contributed by atoms with E-state index in [4.69, 9.17) is 0 Å². The molecule has 3 nitrogen and oxygen atoms in total.